The standard InChI is InChI=1S/C14H7ClF6O2/c15-12-6-5-10(23-14(19,20)21)7-11(12)8-1-3-9(4-2-8)22-13(16,17)18/h1-7H. The zero-order valence-electron chi connectivity index (χ0n) is 11.0. The molecule has 2 nitrogen and oxygen atoms in total. The minimum atomic E-state index is -4.87. The van der Waals surface area contributed by atoms with Gasteiger partial charge >= 0.3 is 12.7 Å². The summed E-state index contributed by atoms with van der Waals surface area (Å²) in [5, 5.41) is 0.115. The zero-order chi connectivity index (χ0) is 17.3. The van der Waals surface area contributed by atoms with Crippen LogP contribution in [0.2, 0.25) is 5.02 Å². The lowest BCUT2D eigenvalue weighted by Gasteiger charge is -2.12. The van der Waals surface area contributed by atoms with Gasteiger partial charge in [-0.15, -0.1) is 26.3 Å². The molecule has 0 aliphatic heterocycles. The van der Waals surface area contributed by atoms with E-state index in [4.69, 9.17) is 11.6 Å². The van der Waals surface area contributed by atoms with E-state index in [9.17, 15) is 26.3 Å². The van der Waals surface area contributed by atoms with Crippen molar-refractivity contribution in [2.24, 2.45) is 0 Å². The van der Waals surface area contributed by atoms with E-state index < -0.39 is 24.2 Å². The van der Waals surface area contributed by atoms with Crippen molar-refractivity contribution in [1.82, 2.24) is 0 Å². The van der Waals surface area contributed by atoms with Crippen LogP contribution in [0.3, 0.4) is 0 Å². The third kappa shape index (κ3) is 5.24. The fourth-order valence-electron chi connectivity index (χ4n) is 1.76. The van der Waals surface area contributed by atoms with Crippen molar-refractivity contribution in [2.45, 2.75) is 12.7 Å². The Balaban J connectivity index is 2.29. The van der Waals surface area contributed by atoms with Crippen molar-refractivity contribution in [1.29, 1.82) is 0 Å². The molecule has 0 radical (unpaired) electrons. The first-order valence-electron chi connectivity index (χ1n) is 5.95. The van der Waals surface area contributed by atoms with Gasteiger partial charge in [-0.3, -0.25) is 0 Å². The number of ether oxygens (including phenoxy) is 2. The first-order valence-corrected chi connectivity index (χ1v) is 6.33. The Hall–Kier alpha value is -2.09. The highest BCUT2D eigenvalue weighted by molar-refractivity contribution is 6.33. The van der Waals surface area contributed by atoms with Crippen molar-refractivity contribution in [3.63, 3.8) is 0 Å². The maximum Gasteiger partial charge on any atom is 0.573 e. The summed E-state index contributed by atoms with van der Waals surface area (Å²) in [5.41, 5.74) is 0.476. The highest BCUT2D eigenvalue weighted by atomic mass is 35.5. The first-order chi connectivity index (χ1) is 10.5. The molecule has 0 aromatic heterocycles. The van der Waals surface area contributed by atoms with Gasteiger partial charge < -0.3 is 9.47 Å². The Morgan fingerprint density at radius 3 is 1.70 bits per heavy atom. The molecule has 0 N–H and O–H groups in total. The lowest BCUT2D eigenvalue weighted by Crippen LogP contribution is -2.17. The molecule has 0 saturated heterocycles. The molecule has 2 aromatic rings. The summed E-state index contributed by atoms with van der Waals surface area (Å²) in [5.74, 6) is -0.951. The summed E-state index contributed by atoms with van der Waals surface area (Å²) in [6.45, 7) is 0. The van der Waals surface area contributed by atoms with Crippen LogP contribution < -0.4 is 9.47 Å². The molecule has 0 heterocycles. The molecule has 9 heteroatoms. The van der Waals surface area contributed by atoms with Crippen LogP contribution >= 0.6 is 11.6 Å². The molecule has 2 rings (SSSR count). The van der Waals surface area contributed by atoms with Gasteiger partial charge in [0.2, 0.25) is 0 Å². The van der Waals surface area contributed by atoms with Crippen LogP contribution in [0, 0.1) is 0 Å². The Morgan fingerprint density at radius 1 is 0.696 bits per heavy atom. The molecule has 0 saturated carbocycles. The second kappa shape index (κ2) is 6.19. The first kappa shape index (κ1) is 17.3. The predicted molar refractivity (Wildman–Crippen MR) is 70.3 cm³/mol. The quantitative estimate of drug-likeness (QED) is 0.647. The van der Waals surface area contributed by atoms with Gasteiger partial charge in [0.25, 0.3) is 0 Å². The average molecular weight is 357 g/mol. The molecule has 0 aliphatic carbocycles. The molecule has 124 valence electrons. The summed E-state index contributed by atoms with van der Waals surface area (Å²) in [6, 6.07) is 7.78. The molecule has 0 fully saturated rings. The van der Waals surface area contributed by atoms with Gasteiger partial charge in [0.05, 0.1) is 0 Å². The average Bonchev–Trinajstić information content (AvgIpc) is 2.39. The Kier molecular flexibility index (Phi) is 4.65. The van der Waals surface area contributed by atoms with Crippen LogP contribution in [0.5, 0.6) is 11.5 Å². The van der Waals surface area contributed by atoms with Gasteiger partial charge in [0.15, 0.2) is 0 Å². The number of hydrogen-bond donors (Lipinski definition) is 0. The molecular weight excluding hydrogens is 350 g/mol. The molecule has 2 aromatic carbocycles. The smallest absolute Gasteiger partial charge is 0.406 e. The van der Waals surface area contributed by atoms with E-state index in [2.05, 4.69) is 9.47 Å². The normalized spacial score (nSPS) is 12.1. The summed E-state index contributed by atoms with van der Waals surface area (Å²) in [4.78, 5) is 0. The fraction of sp³-hybridized carbons (Fsp3) is 0.143. The third-order valence-corrected chi connectivity index (χ3v) is 2.90. The Bertz CT molecular complexity index is 679. The third-order valence-electron chi connectivity index (χ3n) is 2.57. The Labute approximate surface area is 131 Å². The Morgan fingerprint density at radius 2 is 1.17 bits per heavy atom. The zero-order valence-corrected chi connectivity index (χ0v) is 11.8. The molecule has 0 bridgehead atoms. The number of benzene rings is 2. The molecule has 0 spiro atoms. The van der Waals surface area contributed by atoms with Crippen LogP contribution in [0.4, 0.5) is 26.3 Å². The minimum absolute atomic E-state index is 0.115. The van der Waals surface area contributed by atoms with Gasteiger partial charge in [-0.1, -0.05) is 23.7 Å². The van der Waals surface area contributed by atoms with Gasteiger partial charge in [0, 0.05) is 10.6 Å². The van der Waals surface area contributed by atoms with Gasteiger partial charge in [-0.2, -0.15) is 0 Å². The number of rotatable bonds is 3. The second-order valence-electron chi connectivity index (χ2n) is 4.26. The van der Waals surface area contributed by atoms with E-state index in [1.807, 2.05) is 0 Å². The minimum Gasteiger partial charge on any atom is -0.406 e. The molecule has 0 aliphatic rings. The molecule has 0 unspecified atom stereocenters. The molecule has 23 heavy (non-hydrogen) atoms. The summed E-state index contributed by atoms with van der Waals surface area (Å²) < 4.78 is 80.3. The van der Waals surface area contributed by atoms with Crippen molar-refractivity contribution in [3.05, 3.63) is 47.5 Å². The molecular formula is C14H7ClF6O2. The maximum absolute atomic E-state index is 12.2. The van der Waals surface area contributed by atoms with Crippen molar-refractivity contribution in [3.8, 4) is 22.6 Å². The van der Waals surface area contributed by atoms with Gasteiger partial charge in [-0.25, -0.2) is 0 Å². The maximum atomic E-state index is 12.2. The molecule has 0 atom stereocenters. The van der Waals surface area contributed by atoms with E-state index in [0.717, 1.165) is 24.3 Å². The van der Waals surface area contributed by atoms with Crippen LogP contribution in [0.25, 0.3) is 11.1 Å². The van der Waals surface area contributed by atoms with Crippen LogP contribution in [-0.2, 0) is 0 Å². The van der Waals surface area contributed by atoms with E-state index in [1.54, 1.807) is 0 Å². The highest BCUT2D eigenvalue weighted by Crippen LogP contribution is 2.34. The summed E-state index contributed by atoms with van der Waals surface area (Å²) in [6.07, 6.45) is -9.70. The lowest BCUT2D eigenvalue weighted by atomic mass is 10.1. The second-order valence-corrected chi connectivity index (χ2v) is 4.67. The SMILES string of the molecule is FC(F)(F)Oc1ccc(-c2cc(OC(F)(F)F)ccc2Cl)cc1. The van der Waals surface area contributed by atoms with E-state index in [-0.39, 0.29) is 10.6 Å². The van der Waals surface area contributed by atoms with Gasteiger partial charge in [0.1, 0.15) is 11.5 Å². The largest absolute Gasteiger partial charge is 0.573 e. The molecule has 0 amide bonds. The fourth-order valence-corrected chi connectivity index (χ4v) is 1.99. The number of hydrogen-bond acceptors (Lipinski definition) is 2. The van der Waals surface area contributed by atoms with Crippen LogP contribution in [0.15, 0.2) is 42.5 Å². The summed E-state index contributed by atoms with van der Waals surface area (Å²) >= 11 is 5.90. The monoisotopic (exact) mass is 356 g/mol. The number of alkyl halides is 6. The summed E-state index contributed by atoms with van der Waals surface area (Å²) in [7, 11) is 0. The van der Waals surface area contributed by atoms with Gasteiger partial charge in [-0.05, 0) is 35.9 Å². The van der Waals surface area contributed by atoms with E-state index in [0.29, 0.717) is 5.56 Å². The van der Waals surface area contributed by atoms with E-state index in [1.165, 1.54) is 18.2 Å². The highest BCUT2D eigenvalue weighted by Gasteiger charge is 2.32. The lowest BCUT2D eigenvalue weighted by molar-refractivity contribution is -0.275. The number of halogens is 7. The van der Waals surface area contributed by atoms with E-state index >= 15 is 0 Å². The van der Waals surface area contributed by atoms with Crippen molar-refractivity contribution < 1.29 is 35.8 Å². The van der Waals surface area contributed by atoms with Crippen LogP contribution in [0.1, 0.15) is 0 Å². The van der Waals surface area contributed by atoms with Crippen LogP contribution in [-0.4, -0.2) is 12.7 Å². The van der Waals surface area contributed by atoms with Crippen molar-refractivity contribution in [2.75, 3.05) is 0 Å². The van der Waals surface area contributed by atoms with Crippen molar-refractivity contribution >= 4 is 11.6 Å². The predicted octanol–water partition coefficient (Wildman–Crippen LogP) is 5.80. The topological polar surface area (TPSA) is 18.5 Å².